The molecule has 0 atom stereocenters. The van der Waals surface area contributed by atoms with E-state index >= 15 is 0 Å². The third-order valence-electron chi connectivity index (χ3n) is 4.19. The number of hydrogen-bond donors (Lipinski definition) is 2. The number of fused-ring (bicyclic) bond motifs is 1. The molecule has 0 unspecified atom stereocenters. The Kier molecular flexibility index (Phi) is 6.10. The number of nitrogens with zero attached hydrogens (tertiary/aromatic N) is 1. The summed E-state index contributed by atoms with van der Waals surface area (Å²) in [6, 6.07) is 17.7. The van der Waals surface area contributed by atoms with Gasteiger partial charge >= 0.3 is 5.97 Å². The van der Waals surface area contributed by atoms with E-state index < -0.39 is 5.97 Å². The van der Waals surface area contributed by atoms with E-state index in [0.717, 1.165) is 22.2 Å². The van der Waals surface area contributed by atoms with Crippen LogP contribution in [0.15, 0.2) is 60.8 Å². The zero-order valence-corrected chi connectivity index (χ0v) is 14.9. The molecule has 0 saturated heterocycles. The molecule has 27 heavy (non-hydrogen) atoms. The first-order valence-electron chi connectivity index (χ1n) is 8.86. The fourth-order valence-electron chi connectivity index (χ4n) is 2.82. The number of aromatic nitrogens is 1. The summed E-state index contributed by atoms with van der Waals surface area (Å²) in [6.45, 7) is 1.06. The summed E-state index contributed by atoms with van der Waals surface area (Å²) in [5.74, 6) is -0.213. The molecule has 2 N–H and O–H groups in total. The fraction of sp³-hybridized carbons (Fsp3) is 0.238. The smallest absolute Gasteiger partial charge is 0.303 e. The van der Waals surface area contributed by atoms with Crippen LogP contribution < -0.4 is 10.1 Å². The number of carboxylic acid groups (broad SMARTS) is 1. The number of carbonyl (C=O) groups is 2. The molecule has 2 aromatic carbocycles. The molecular formula is C21H22N2O4. The van der Waals surface area contributed by atoms with Crippen LogP contribution in [0.2, 0.25) is 0 Å². The van der Waals surface area contributed by atoms with Gasteiger partial charge in [0.05, 0.1) is 0 Å². The van der Waals surface area contributed by atoms with Crippen molar-refractivity contribution in [2.45, 2.75) is 26.0 Å². The minimum Gasteiger partial charge on any atom is -0.489 e. The topological polar surface area (TPSA) is 80.6 Å². The van der Waals surface area contributed by atoms with E-state index in [4.69, 9.17) is 9.84 Å². The highest BCUT2D eigenvalue weighted by Gasteiger charge is 2.07. The first-order chi connectivity index (χ1) is 13.1. The van der Waals surface area contributed by atoms with Crippen molar-refractivity contribution in [2.24, 2.45) is 0 Å². The molecule has 0 radical (unpaired) electrons. The van der Waals surface area contributed by atoms with Crippen molar-refractivity contribution in [3.8, 4) is 5.75 Å². The number of carbonyl (C=O) groups excluding carboxylic acids is 1. The summed E-state index contributed by atoms with van der Waals surface area (Å²) in [7, 11) is 0. The second kappa shape index (κ2) is 8.89. The lowest BCUT2D eigenvalue weighted by atomic mass is 10.2. The second-order valence-electron chi connectivity index (χ2n) is 6.29. The van der Waals surface area contributed by atoms with Crippen molar-refractivity contribution in [2.75, 3.05) is 6.54 Å². The van der Waals surface area contributed by atoms with Crippen LogP contribution in [0.3, 0.4) is 0 Å². The van der Waals surface area contributed by atoms with E-state index in [-0.39, 0.29) is 18.9 Å². The van der Waals surface area contributed by atoms with Gasteiger partial charge in [0.1, 0.15) is 18.9 Å². The zero-order valence-electron chi connectivity index (χ0n) is 14.9. The first kappa shape index (κ1) is 18.5. The van der Waals surface area contributed by atoms with E-state index in [9.17, 15) is 9.59 Å². The largest absolute Gasteiger partial charge is 0.489 e. The zero-order chi connectivity index (χ0) is 19.1. The number of nitrogens with one attached hydrogen (secondary N) is 1. The third kappa shape index (κ3) is 5.34. The number of aliphatic carboxylic acids is 1. The van der Waals surface area contributed by atoms with Crippen LogP contribution in [0.1, 0.15) is 18.4 Å². The molecule has 1 heterocycles. The molecule has 3 aromatic rings. The Morgan fingerprint density at radius 1 is 1.07 bits per heavy atom. The van der Waals surface area contributed by atoms with Crippen molar-refractivity contribution >= 4 is 22.8 Å². The molecule has 0 spiro atoms. The van der Waals surface area contributed by atoms with Gasteiger partial charge < -0.3 is 19.7 Å². The molecule has 0 bridgehead atoms. The summed E-state index contributed by atoms with van der Waals surface area (Å²) in [5.41, 5.74) is 2.05. The number of amides is 1. The number of benzene rings is 2. The van der Waals surface area contributed by atoms with E-state index in [2.05, 4.69) is 5.32 Å². The lowest BCUT2D eigenvalue weighted by Crippen LogP contribution is -2.28. The molecule has 0 aliphatic carbocycles. The fourth-order valence-corrected chi connectivity index (χ4v) is 2.82. The lowest BCUT2D eigenvalue weighted by Gasteiger charge is -2.09. The van der Waals surface area contributed by atoms with Crippen molar-refractivity contribution in [3.63, 3.8) is 0 Å². The third-order valence-corrected chi connectivity index (χ3v) is 4.19. The summed E-state index contributed by atoms with van der Waals surface area (Å²) in [4.78, 5) is 22.5. The second-order valence-corrected chi connectivity index (χ2v) is 6.29. The van der Waals surface area contributed by atoms with Gasteiger partial charge in [-0.05, 0) is 36.2 Å². The number of hydrogen-bond acceptors (Lipinski definition) is 3. The summed E-state index contributed by atoms with van der Waals surface area (Å²) in [6.07, 6.45) is 2.34. The van der Waals surface area contributed by atoms with Gasteiger partial charge in [0, 0.05) is 30.1 Å². The molecule has 0 saturated carbocycles. The van der Waals surface area contributed by atoms with Crippen LogP contribution >= 0.6 is 0 Å². The van der Waals surface area contributed by atoms with Crippen LogP contribution in [0.4, 0.5) is 0 Å². The molecule has 3 rings (SSSR count). The van der Waals surface area contributed by atoms with Crippen LogP contribution in [-0.2, 0) is 22.7 Å². The number of ether oxygens (including phenoxy) is 1. The molecular weight excluding hydrogens is 344 g/mol. The number of rotatable bonds is 9. The van der Waals surface area contributed by atoms with Crippen LogP contribution in [-0.4, -0.2) is 28.1 Å². The molecule has 0 fully saturated rings. The van der Waals surface area contributed by atoms with Gasteiger partial charge in [0.15, 0.2) is 0 Å². The minimum absolute atomic E-state index is 0.0541. The monoisotopic (exact) mass is 366 g/mol. The Morgan fingerprint density at radius 3 is 2.67 bits per heavy atom. The summed E-state index contributed by atoms with van der Waals surface area (Å²) in [5, 5.41) is 12.3. The average Bonchev–Trinajstić information content (AvgIpc) is 3.06. The summed E-state index contributed by atoms with van der Waals surface area (Å²) >= 11 is 0. The van der Waals surface area contributed by atoms with Crippen LogP contribution in [0.25, 0.3) is 10.9 Å². The molecule has 0 aliphatic rings. The Labute approximate surface area is 157 Å². The maximum atomic E-state index is 12.0. The number of carboxylic acids is 1. The van der Waals surface area contributed by atoms with Crippen molar-refractivity contribution in [1.82, 2.24) is 9.88 Å². The Hall–Kier alpha value is -3.28. The van der Waals surface area contributed by atoms with E-state index in [0.29, 0.717) is 19.6 Å². The quantitative estimate of drug-likeness (QED) is 0.570. The minimum atomic E-state index is -0.856. The van der Waals surface area contributed by atoms with Gasteiger partial charge in [-0.15, -0.1) is 0 Å². The van der Waals surface area contributed by atoms with Gasteiger partial charge in [-0.2, -0.15) is 0 Å². The molecule has 0 aliphatic heterocycles. The Bertz CT molecular complexity index is 918. The highest BCUT2D eigenvalue weighted by Crippen LogP contribution is 2.22. The molecule has 1 aromatic heterocycles. The van der Waals surface area contributed by atoms with Crippen molar-refractivity contribution in [3.05, 3.63) is 66.4 Å². The SMILES string of the molecule is O=C(O)CCCNC(=O)Cn1ccc2cc(OCc3ccccc3)ccc21. The maximum absolute atomic E-state index is 12.0. The van der Waals surface area contributed by atoms with Gasteiger partial charge in [-0.3, -0.25) is 9.59 Å². The van der Waals surface area contributed by atoms with E-state index in [1.165, 1.54) is 0 Å². The van der Waals surface area contributed by atoms with Gasteiger partial charge in [-0.1, -0.05) is 30.3 Å². The van der Waals surface area contributed by atoms with Crippen LogP contribution in [0, 0.1) is 0 Å². The molecule has 140 valence electrons. The highest BCUT2D eigenvalue weighted by atomic mass is 16.5. The van der Waals surface area contributed by atoms with E-state index in [1.54, 1.807) is 0 Å². The van der Waals surface area contributed by atoms with Gasteiger partial charge in [0.25, 0.3) is 0 Å². The Balaban J connectivity index is 1.56. The normalized spacial score (nSPS) is 10.7. The molecule has 6 nitrogen and oxygen atoms in total. The highest BCUT2D eigenvalue weighted by molar-refractivity contribution is 5.84. The Morgan fingerprint density at radius 2 is 1.89 bits per heavy atom. The first-order valence-corrected chi connectivity index (χ1v) is 8.86. The van der Waals surface area contributed by atoms with Crippen LogP contribution in [0.5, 0.6) is 5.75 Å². The standard InChI is InChI=1S/C21H22N2O4/c24-20(22-11-4-7-21(25)26)14-23-12-10-17-13-18(8-9-19(17)23)27-15-16-5-2-1-3-6-16/h1-3,5-6,8-10,12-13H,4,7,11,14-15H2,(H,22,24)(H,25,26). The summed E-state index contributed by atoms with van der Waals surface area (Å²) < 4.78 is 7.70. The van der Waals surface area contributed by atoms with E-state index in [1.807, 2.05) is 65.4 Å². The lowest BCUT2D eigenvalue weighted by molar-refractivity contribution is -0.137. The van der Waals surface area contributed by atoms with Crippen molar-refractivity contribution in [1.29, 1.82) is 0 Å². The van der Waals surface area contributed by atoms with Gasteiger partial charge in [0.2, 0.25) is 5.91 Å². The predicted molar refractivity (Wildman–Crippen MR) is 103 cm³/mol. The molecule has 6 heteroatoms. The molecule has 1 amide bonds. The van der Waals surface area contributed by atoms with Gasteiger partial charge in [-0.25, -0.2) is 0 Å². The predicted octanol–water partition coefficient (Wildman–Crippen LogP) is 3.20. The maximum Gasteiger partial charge on any atom is 0.303 e. The average molecular weight is 366 g/mol. The van der Waals surface area contributed by atoms with Crippen molar-refractivity contribution < 1.29 is 19.4 Å².